The number of hydrogen-bond acceptors (Lipinski definition) is 2. The van der Waals surface area contributed by atoms with Crippen LogP contribution in [0.15, 0.2) is 18.2 Å². The molecule has 0 spiro atoms. The zero-order valence-electron chi connectivity index (χ0n) is 11.9. The van der Waals surface area contributed by atoms with Crippen LogP contribution in [-0.4, -0.2) is 20.9 Å². The second-order valence-corrected chi connectivity index (χ2v) is 6.34. The molecular weight excluding hydrogens is 367 g/mol. The molecule has 0 amide bonds. The first-order valence-electron chi connectivity index (χ1n) is 6.41. The zero-order valence-corrected chi connectivity index (χ0v) is 14.1. The second kappa shape index (κ2) is 5.55. The van der Waals surface area contributed by atoms with Gasteiger partial charge in [0.15, 0.2) is 5.69 Å². The number of carbonyl (C=O) groups is 1. The summed E-state index contributed by atoms with van der Waals surface area (Å²) in [6.07, 6.45) is 0. The molecule has 4 nitrogen and oxygen atoms in total. The Labute approximate surface area is 132 Å². The normalized spacial score (nSPS) is 11.1. The lowest BCUT2D eigenvalue weighted by Crippen LogP contribution is -2.05. The predicted octanol–water partition coefficient (Wildman–Crippen LogP) is 3.92. The highest BCUT2D eigenvalue weighted by molar-refractivity contribution is 14.1. The fourth-order valence-corrected chi connectivity index (χ4v) is 3.51. The van der Waals surface area contributed by atoms with Crippen molar-refractivity contribution in [1.82, 2.24) is 9.78 Å². The number of nitrogens with zero attached hydrogens (tertiary/aromatic N) is 2. The number of hydrogen-bond donors (Lipinski definition) is 1. The first-order valence-corrected chi connectivity index (χ1v) is 7.49. The van der Waals surface area contributed by atoms with Gasteiger partial charge in [0.05, 0.1) is 15.0 Å². The van der Waals surface area contributed by atoms with Gasteiger partial charge in [0.25, 0.3) is 0 Å². The minimum absolute atomic E-state index is 0.119. The van der Waals surface area contributed by atoms with Crippen LogP contribution in [0.25, 0.3) is 5.69 Å². The van der Waals surface area contributed by atoms with E-state index in [1.807, 2.05) is 39.8 Å². The smallest absolute Gasteiger partial charge is 0.357 e. The maximum absolute atomic E-state index is 11.3. The van der Waals surface area contributed by atoms with E-state index in [-0.39, 0.29) is 11.6 Å². The molecule has 2 aromatic rings. The number of benzene rings is 1. The van der Waals surface area contributed by atoms with Gasteiger partial charge >= 0.3 is 5.97 Å². The van der Waals surface area contributed by atoms with Gasteiger partial charge in [-0.15, -0.1) is 0 Å². The van der Waals surface area contributed by atoms with E-state index in [2.05, 4.69) is 33.8 Å². The van der Waals surface area contributed by atoms with Crippen molar-refractivity contribution >= 4 is 28.6 Å². The average Bonchev–Trinajstić information content (AvgIpc) is 2.65. The maximum Gasteiger partial charge on any atom is 0.357 e. The molecule has 1 aromatic carbocycles. The van der Waals surface area contributed by atoms with Crippen molar-refractivity contribution in [2.75, 3.05) is 0 Å². The lowest BCUT2D eigenvalue weighted by Gasteiger charge is -2.12. The molecule has 0 aliphatic rings. The summed E-state index contributed by atoms with van der Waals surface area (Å²) in [4.78, 5) is 11.3. The number of aromatic nitrogens is 2. The van der Waals surface area contributed by atoms with Crippen LogP contribution in [0.5, 0.6) is 0 Å². The third-order valence-electron chi connectivity index (χ3n) is 3.06. The molecule has 0 saturated carbocycles. The van der Waals surface area contributed by atoms with E-state index >= 15 is 0 Å². The first-order chi connectivity index (χ1) is 9.31. The van der Waals surface area contributed by atoms with Crippen LogP contribution in [0.2, 0.25) is 0 Å². The number of halogens is 1. The van der Waals surface area contributed by atoms with Gasteiger partial charge in [0.1, 0.15) is 0 Å². The average molecular weight is 384 g/mol. The topological polar surface area (TPSA) is 55.1 Å². The molecule has 20 heavy (non-hydrogen) atoms. The fourth-order valence-electron chi connectivity index (χ4n) is 2.32. The highest BCUT2D eigenvalue weighted by Crippen LogP contribution is 2.28. The lowest BCUT2D eigenvalue weighted by molar-refractivity contribution is 0.0689. The van der Waals surface area contributed by atoms with Crippen LogP contribution in [0.1, 0.15) is 47.1 Å². The predicted molar refractivity (Wildman–Crippen MR) is 86.8 cm³/mol. The van der Waals surface area contributed by atoms with Crippen molar-refractivity contribution in [1.29, 1.82) is 0 Å². The Morgan fingerprint density at radius 1 is 1.25 bits per heavy atom. The van der Waals surface area contributed by atoms with Crippen molar-refractivity contribution in [2.45, 2.75) is 33.6 Å². The van der Waals surface area contributed by atoms with Gasteiger partial charge in [0, 0.05) is 0 Å². The minimum Gasteiger partial charge on any atom is -0.476 e. The van der Waals surface area contributed by atoms with E-state index in [1.165, 1.54) is 0 Å². The lowest BCUT2D eigenvalue weighted by atomic mass is 10.1. The zero-order chi connectivity index (χ0) is 15.0. The molecule has 1 N–H and O–H groups in total. The third-order valence-corrected chi connectivity index (χ3v) is 4.12. The highest BCUT2D eigenvalue weighted by atomic mass is 127. The Morgan fingerprint density at radius 3 is 2.25 bits per heavy atom. The van der Waals surface area contributed by atoms with Crippen LogP contribution in [0.3, 0.4) is 0 Å². The van der Waals surface area contributed by atoms with Gasteiger partial charge in [-0.2, -0.15) is 5.10 Å². The van der Waals surface area contributed by atoms with Crippen LogP contribution >= 0.6 is 22.6 Å². The van der Waals surface area contributed by atoms with E-state index in [4.69, 9.17) is 0 Å². The number of rotatable bonds is 3. The largest absolute Gasteiger partial charge is 0.476 e. The van der Waals surface area contributed by atoms with Crippen molar-refractivity contribution < 1.29 is 9.90 Å². The Balaban J connectivity index is 2.72. The molecule has 0 bridgehead atoms. The van der Waals surface area contributed by atoms with Crippen molar-refractivity contribution in [3.05, 3.63) is 44.3 Å². The molecule has 106 valence electrons. The molecule has 1 aromatic heterocycles. The summed E-state index contributed by atoms with van der Waals surface area (Å²) in [5.74, 6) is -0.789. The van der Waals surface area contributed by atoms with Gasteiger partial charge in [-0.3, -0.25) is 0 Å². The second-order valence-electron chi connectivity index (χ2n) is 5.27. The summed E-state index contributed by atoms with van der Waals surface area (Å²) >= 11 is 2.07. The monoisotopic (exact) mass is 384 g/mol. The van der Waals surface area contributed by atoms with Gasteiger partial charge in [-0.25, -0.2) is 9.48 Å². The van der Waals surface area contributed by atoms with E-state index < -0.39 is 5.97 Å². The number of aromatic carboxylic acids is 1. The van der Waals surface area contributed by atoms with Gasteiger partial charge < -0.3 is 5.11 Å². The fraction of sp³-hybridized carbons (Fsp3) is 0.333. The summed E-state index contributed by atoms with van der Waals surface area (Å²) in [7, 11) is 0. The molecule has 0 saturated heterocycles. The summed E-state index contributed by atoms with van der Waals surface area (Å²) in [5.41, 5.74) is 4.24. The Hall–Kier alpha value is -1.37. The quantitative estimate of drug-likeness (QED) is 0.817. The standard InChI is InChI=1S/C15H17IN2O2/c1-8(2)14-12(16)13(15(19)20)17-18(14)11-6-9(3)5-10(4)7-11/h5-8H,1-4H3,(H,19,20). The Morgan fingerprint density at radius 2 is 1.80 bits per heavy atom. The highest BCUT2D eigenvalue weighted by Gasteiger charge is 2.23. The molecule has 0 aliphatic carbocycles. The van der Waals surface area contributed by atoms with E-state index in [0.29, 0.717) is 3.57 Å². The Kier molecular flexibility index (Phi) is 4.17. The molecular formula is C15H17IN2O2. The van der Waals surface area contributed by atoms with Gasteiger partial charge in [0.2, 0.25) is 0 Å². The molecule has 0 fully saturated rings. The number of aryl methyl sites for hydroxylation is 2. The molecule has 0 aliphatic heterocycles. The summed E-state index contributed by atoms with van der Waals surface area (Å²) in [5, 5.41) is 13.6. The molecule has 0 unspecified atom stereocenters. The molecule has 0 radical (unpaired) electrons. The van der Waals surface area contributed by atoms with Crippen molar-refractivity contribution in [3.8, 4) is 5.69 Å². The van der Waals surface area contributed by atoms with Crippen molar-refractivity contribution in [2.24, 2.45) is 0 Å². The van der Waals surface area contributed by atoms with Crippen molar-refractivity contribution in [3.63, 3.8) is 0 Å². The maximum atomic E-state index is 11.3. The third kappa shape index (κ3) is 2.72. The number of carboxylic acids is 1. The Bertz CT molecular complexity index is 655. The van der Waals surface area contributed by atoms with E-state index in [1.54, 1.807) is 4.68 Å². The van der Waals surface area contributed by atoms with Gasteiger partial charge in [-0.1, -0.05) is 19.9 Å². The molecule has 1 heterocycles. The molecule has 5 heteroatoms. The summed E-state index contributed by atoms with van der Waals surface area (Å²) in [6, 6.07) is 6.13. The first kappa shape index (κ1) is 15.0. The van der Waals surface area contributed by atoms with E-state index in [0.717, 1.165) is 22.5 Å². The van der Waals surface area contributed by atoms with Gasteiger partial charge in [-0.05, 0) is 65.6 Å². The van der Waals surface area contributed by atoms with Crippen LogP contribution in [-0.2, 0) is 0 Å². The SMILES string of the molecule is Cc1cc(C)cc(-n2nc(C(=O)O)c(I)c2C(C)C)c1. The number of carboxylic acid groups (broad SMARTS) is 1. The minimum atomic E-state index is -0.987. The molecule has 0 atom stereocenters. The summed E-state index contributed by atoms with van der Waals surface area (Å²) in [6.45, 7) is 8.14. The van der Waals surface area contributed by atoms with Crippen LogP contribution in [0, 0.1) is 17.4 Å². The van der Waals surface area contributed by atoms with E-state index in [9.17, 15) is 9.90 Å². The summed E-state index contributed by atoms with van der Waals surface area (Å²) < 4.78 is 2.47. The van der Waals surface area contributed by atoms with Crippen LogP contribution in [0.4, 0.5) is 0 Å². The molecule has 2 rings (SSSR count). The van der Waals surface area contributed by atoms with Crippen LogP contribution < -0.4 is 0 Å².